The van der Waals surface area contributed by atoms with Crippen LogP contribution in [0.4, 0.5) is 10.6 Å². The van der Waals surface area contributed by atoms with Gasteiger partial charge in [0.2, 0.25) is 0 Å². The largest absolute Gasteiger partial charge is 0.467 e. The van der Waals surface area contributed by atoms with Gasteiger partial charge >= 0.3 is 6.03 Å². The molecule has 2 N–H and O–H groups in total. The number of anilines is 1. The van der Waals surface area contributed by atoms with E-state index in [0.717, 1.165) is 17.3 Å². The number of nitrogens with zero attached hydrogens (tertiary/aromatic N) is 2. The first-order chi connectivity index (χ1) is 11.3. The number of rotatable bonds is 5. The lowest BCUT2D eigenvalue weighted by Gasteiger charge is -2.29. The van der Waals surface area contributed by atoms with E-state index in [1.54, 1.807) is 6.26 Å². The minimum atomic E-state index is -0.247. The summed E-state index contributed by atoms with van der Waals surface area (Å²) < 4.78 is 5.47. The maximum absolute atomic E-state index is 12.3. The molecule has 0 fully saturated rings. The highest BCUT2D eigenvalue weighted by Crippen LogP contribution is 2.32. The number of amides is 2. The van der Waals surface area contributed by atoms with Crippen LogP contribution in [-0.2, 0) is 6.54 Å². The van der Waals surface area contributed by atoms with Crippen LogP contribution in [0.25, 0.3) is 0 Å². The summed E-state index contributed by atoms with van der Waals surface area (Å²) in [5.74, 6) is 1.60. The molecule has 2 aromatic heterocycles. The number of hydrogen-bond donors (Lipinski definition) is 2. The van der Waals surface area contributed by atoms with Gasteiger partial charge in [-0.3, -0.25) is 0 Å². The van der Waals surface area contributed by atoms with Crippen LogP contribution in [0.5, 0.6) is 0 Å². The molecular weight excluding hydrogens is 304 g/mol. The quantitative estimate of drug-likeness (QED) is 0.882. The molecule has 130 valence electrons. The minimum absolute atomic E-state index is 0.168. The summed E-state index contributed by atoms with van der Waals surface area (Å²) in [7, 11) is 3.87. The second-order valence-electron chi connectivity index (χ2n) is 7.02. The predicted octanol–water partition coefficient (Wildman–Crippen LogP) is 3.33. The molecule has 24 heavy (non-hydrogen) atoms. The molecule has 0 bridgehead atoms. The molecule has 0 aromatic carbocycles. The van der Waals surface area contributed by atoms with Crippen molar-refractivity contribution in [1.29, 1.82) is 0 Å². The molecular formula is C18H26N4O2. The van der Waals surface area contributed by atoms with Crippen molar-refractivity contribution in [3.05, 3.63) is 48.0 Å². The van der Waals surface area contributed by atoms with Crippen LogP contribution in [0.2, 0.25) is 0 Å². The first-order valence-corrected chi connectivity index (χ1v) is 7.98. The van der Waals surface area contributed by atoms with Crippen LogP contribution in [0, 0.1) is 5.41 Å². The number of hydrogen-bond acceptors (Lipinski definition) is 4. The Bertz CT molecular complexity index is 660. The lowest BCUT2D eigenvalue weighted by atomic mass is 9.85. The van der Waals surface area contributed by atoms with Crippen molar-refractivity contribution in [3.8, 4) is 0 Å². The third kappa shape index (κ3) is 4.75. The molecule has 0 aliphatic rings. The maximum atomic E-state index is 12.3. The van der Waals surface area contributed by atoms with Crippen molar-refractivity contribution in [2.75, 3.05) is 19.0 Å². The summed E-state index contributed by atoms with van der Waals surface area (Å²) in [6.45, 7) is 6.54. The Balaban J connectivity index is 1.98. The van der Waals surface area contributed by atoms with Gasteiger partial charge in [-0.1, -0.05) is 26.8 Å². The molecule has 0 aliphatic heterocycles. The van der Waals surface area contributed by atoms with E-state index in [1.807, 2.05) is 49.3 Å². The Labute approximate surface area is 143 Å². The Morgan fingerprint density at radius 3 is 2.58 bits per heavy atom. The summed E-state index contributed by atoms with van der Waals surface area (Å²) in [4.78, 5) is 18.7. The summed E-state index contributed by atoms with van der Waals surface area (Å²) in [5.41, 5.74) is 0.639. The van der Waals surface area contributed by atoms with E-state index in [4.69, 9.17) is 4.42 Å². The van der Waals surface area contributed by atoms with Gasteiger partial charge in [-0.2, -0.15) is 0 Å². The van der Waals surface area contributed by atoms with Crippen molar-refractivity contribution in [2.45, 2.75) is 33.4 Å². The van der Waals surface area contributed by atoms with Gasteiger partial charge in [-0.25, -0.2) is 9.78 Å². The maximum Gasteiger partial charge on any atom is 0.315 e. The highest BCUT2D eigenvalue weighted by atomic mass is 16.3. The zero-order valence-electron chi connectivity index (χ0n) is 15.0. The number of furan rings is 1. The van der Waals surface area contributed by atoms with Gasteiger partial charge in [0.25, 0.3) is 0 Å². The third-order valence-electron chi connectivity index (χ3n) is 3.65. The van der Waals surface area contributed by atoms with Gasteiger partial charge < -0.3 is 20.0 Å². The topological polar surface area (TPSA) is 70.4 Å². The molecule has 1 atom stereocenters. The van der Waals surface area contributed by atoms with Crippen molar-refractivity contribution in [2.24, 2.45) is 5.41 Å². The zero-order valence-corrected chi connectivity index (χ0v) is 15.0. The molecule has 2 amide bonds. The van der Waals surface area contributed by atoms with Crippen LogP contribution in [0.1, 0.15) is 38.3 Å². The molecule has 2 rings (SSSR count). The number of carbonyl (C=O) groups excluding carboxylic acids is 1. The van der Waals surface area contributed by atoms with Crippen LogP contribution in [0.3, 0.4) is 0 Å². The van der Waals surface area contributed by atoms with Crippen LogP contribution in [-0.4, -0.2) is 25.1 Å². The summed E-state index contributed by atoms with van der Waals surface area (Å²) in [6.07, 6.45) is 1.62. The zero-order chi connectivity index (χ0) is 17.7. The van der Waals surface area contributed by atoms with Crippen molar-refractivity contribution in [3.63, 3.8) is 0 Å². The Kier molecular flexibility index (Phi) is 5.49. The average Bonchev–Trinajstić information content (AvgIpc) is 3.03. The van der Waals surface area contributed by atoms with Gasteiger partial charge in [-0.15, -0.1) is 0 Å². The first kappa shape index (κ1) is 17.8. The first-order valence-electron chi connectivity index (χ1n) is 7.98. The molecule has 0 saturated heterocycles. The van der Waals surface area contributed by atoms with E-state index in [-0.39, 0.29) is 17.5 Å². The predicted molar refractivity (Wildman–Crippen MR) is 94.8 cm³/mol. The third-order valence-corrected chi connectivity index (χ3v) is 3.65. The standard InChI is InChI=1S/C18H26N4O2/c1-18(2,3)16(14-9-7-11-24-14)21-17(23)19-12-13-8-6-10-15(20-13)22(4)5/h6-11,16H,12H2,1-5H3,(H2,19,21,23)/t16-/m1/s1. The average molecular weight is 330 g/mol. The number of nitrogens with one attached hydrogen (secondary N) is 2. The molecule has 6 heteroatoms. The van der Waals surface area contributed by atoms with Gasteiger partial charge in [0, 0.05) is 14.1 Å². The summed E-state index contributed by atoms with van der Waals surface area (Å²) in [5, 5.41) is 5.84. The van der Waals surface area contributed by atoms with Gasteiger partial charge in [0.05, 0.1) is 24.5 Å². The summed E-state index contributed by atoms with van der Waals surface area (Å²) >= 11 is 0. The molecule has 2 heterocycles. The van der Waals surface area contributed by atoms with E-state index in [2.05, 4.69) is 36.4 Å². The molecule has 0 aliphatic carbocycles. The minimum Gasteiger partial charge on any atom is -0.467 e. The van der Waals surface area contributed by atoms with Crippen molar-refractivity contribution < 1.29 is 9.21 Å². The summed E-state index contributed by atoms with van der Waals surface area (Å²) in [6, 6.07) is 8.98. The molecule has 0 radical (unpaired) electrons. The van der Waals surface area contributed by atoms with E-state index in [1.165, 1.54) is 0 Å². The SMILES string of the molecule is CN(C)c1cccc(CNC(=O)N[C@H](c2ccco2)C(C)(C)C)n1. The van der Waals surface area contributed by atoms with Gasteiger partial charge in [0.15, 0.2) is 0 Å². The van der Waals surface area contributed by atoms with E-state index in [9.17, 15) is 4.79 Å². The molecule has 0 spiro atoms. The van der Waals surface area contributed by atoms with Crippen LogP contribution < -0.4 is 15.5 Å². The van der Waals surface area contributed by atoms with E-state index in [0.29, 0.717) is 6.54 Å². The molecule has 2 aromatic rings. The highest BCUT2D eigenvalue weighted by molar-refractivity contribution is 5.74. The normalized spacial score (nSPS) is 12.5. The van der Waals surface area contributed by atoms with Crippen LogP contribution >= 0.6 is 0 Å². The number of urea groups is 1. The fraction of sp³-hybridized carbons (Fsp3) is 0.444. The monoisotopic (exact) mass is 330 g/mol. The van der Waals surface area contributed by atoms with E-state index < -0.39 is 0 Å². The van der Waals surface area contributed by atoms with Crippen molar-refractivity contribution >= 4 is 11.8 Å². The Hall–Kier alpha value is -2.50. The second kappa shape index (κ2) is 7.38. The number of aromatic nitrogens is 1. The number of pyridine rings is 1. The molecule has 6 nitrogen and oxygen atoms in total. The molecule has 0 unspecified atom stereocenters. The molecule has 0 saturated carbocycles. The fourth-order valence-electron chi connectivity index (χ4n) is 2.34. The Morgan fingerprint density at radius 2 is 2.00 bits per heavy atom. The highest BCUT2D eigenvalue weighted by Gasteiger charge is 2.29. The lowest BCUT2D eigenvalue weighted by Crippen LogP contribution is -2.42. The Morgan fingerprint density at radius 1 is 1.25 bits per heavy atom. The fourth-order valence-corrected chi connectivity index (χ4v) is 2.34. The van der Waals surface area contributed by atoms with Crippen molar-refractivity contribution in [1.82, 2.24) is 15.6 Å². The second-order valence-corrected chi connectivity index (χ2v) is 7.02. The smallest absolute Gasteiger partial charge is 0.315 e. The van der Waals surface area contributed by atoms with Gasteiger partial charge in [0.1, 0.15) is 11.6 Å². The van der Waals surface area contributed by atoms with Crippen LogP contribution in [0.15, 0.2) is 41.0 Å². The van der Waals surface area contributed by atoms with E-state index >= 15 is 0 Å². The van der Waals surface area contributed by atoms with Gasteiger partial charge in [-0.05, 0) is 29.7 Å². The lowest BCUT2D eigenvalue weighted by molar-refractivity contribution is 0.207. The number of carbonyl (C=O) groups is 1.